The molecule has 1 rings (SSSR count). The molecular formula is C11H11N3O3S. The zero-order valence-electron chi connectivity index (χ0n) is 9.20. The number of benzene rings is 1. The average Bonchev–Trinajstić information content (AvgIpc) is 2.29. The van der Waals surface area contributed by atoms with Gasteiger partial charge in [-0.1, -0.05) is 6.07 Å². The number of nitrogens with one attached hydrogen (secondary N) is 1. The molecule has 0 atom stereocenters. The number of thiocarbonyl (C=S) groups is 1. The Kier molecular flexibility index (Phi) is 4.82. The fourth-order valence-corrected chi connectivity index (χ4v) is 1.17. The molecule has 6 nitrogen and oxygen atoms in total. The Morgan fingerprint density at radius 2 is 2.22 bits per heavy atom. The summed E-state index contributed by atoms with van der Waals surface area (Å²) in [5, 5.41) is 21.8. The van der Waals surface area contributed by atoms with E-state index < -0.39 is 5.97 Å². The second-order valence-corrected chi connectivity index (χ2v) is 3.66. The third kappa shape index (κ3) is 4.62. The van der Waals surface area contributed by atoms with Crippen LogP contribution in [0.4, 0.5) is 0 Å². The summed E-state index contributed by atoms with van der Waals surface area (Å²) >= 11 is 4.55. The van der Waals surface area contributed by atoms with Crippen LogP contribution in [0.2, 0.25) is 0 Å². The van der Waals surface area contributed by atoms with Crippen molar-refractivity contribution in [2.45, 2.75) is 0 Å². The van der Waals surface area contributed by atoms with Gasteiger partial charge in [-0.25, -0.2) is 4.79 Å². The number of aromatic hydroxyl groups is 1. The molecular weight excluding hydrogens is 254 g/mol. The fourth-order valence-electron chi connectivity index (χ4n) is 1.11. The van der Waals surface area contributed by atoms with E-state index in [1.165, 1.54) is 18.4 Å². The van der Waals surface area contributed by atoms with Gasteiger partial charge in [0.05, 0.1) is 6.21 Å². The van der Waals surface area contributed by atoms with Crippen LogP contribution in [-0.2, 0) is 4.79 Å². The van der Waals surface area contributed by atoms with Gasteiger partial charge in [0.15, 0.2) is 5.11 Å². The fraction of sp³-hybridized carbons (Fsp3) is 0. The second kappa shape index (κ2) is 6.36. The van der Waals surface area contributed by atoms with Crippen molar-refractivity contribution in [1.82, 2.24) is 5.43 Å². The maximum atomic E-state index is 10.4. The standard InChI is InChI=1S/C11H11N3O3S/c12-11(18)14-13-6-8-5-7(1-3-9(8)15)2-4-10(16)17/h1-6,15H,(H,16,17)(H3,12,14,18). The Morgan fingerprint density at radius 1 is 1.50 bits per heavy atom. The van der Waals surface area contributed by atoms with Crippen molar-refractivity contribution in [3.8, 4) is 5.75 Å². The molecule has 7 heteroatoms. The highest BCUT2D eigenvalue weighted by atomic mass is 32.1. The highest BCUT2D eigenvalue weighted by Crippen LogP contribution is 2.17. The van der Waals surface area contributed by atoms with Crippen LogP contribution < -0.4 is 11.2 Å². The molecule has 0 unspecified atom stereocenters. The lowest BCUT2D eigenvalue weighted by Crippen LogP contribution is -2.23. The number of carboxylic acid groups (broad SMARTS) is 1. The summed E-state index contributed by atoms with van der Waals surface area (Å²) < 4.78 is 0. The molecule has 0 saturated carbocycles. The van der Waals surface area contributed by atoms with Crippen LogP contribution in [0.25, 0.3) is 6.08 Å². The minimum absolute atomic E-state index is 0.00710. The number of aliphatic carboxylic acids is 1. The smallest absolute Gasteiger partial charge is 0.328 e. The molecule has 0 radical (unpaired) electrons. The summed E-state index contributed by atoms with van der Waals surface area (Å²) in [4.78, 5) is 10.4. The van der Waals surface area contributed by atoms with Gasteiger partial charge in [0.2, 0.25) is 0 Å². The second-order valence-electron chi connectivity index (χ2n) is 3.22. The Morgan fingerprint density at radius 3 is 2.83 bits per heavy atom. The Hall–Kier alpha value is -2.41. The van der Waals surface area contributed by atoms with Gasteiger partial charge < -0.3 is 15.9 Å². The number of carboxylic acids is 1. The molecule has 18 heavy (non-hydrogen) atoms. The molecule has 1 aromatic carbocycles. The number of hydrogen-bond acceptors (Lipinski definition) is 4. The molecule has 0 fully saturated rings. The molecule has 0 spiro atoms. The number of hydrazone groups is 1. The van der Waals surface area contributed by atoms with E-state index in [1.54, 1.807) is 12.1 Å². The Labute approximate surface area is 108 Å². The molecule has 0 saturated heterocycles. The summed E-state index contributed by atoms with van der Waals surface area (Å²) in [6, 6.07) is 4.58. The normalized spacial score (nSPS) is 10.9. The zero-order chi connectivity index (χ0) is 13.5. The van der Waals surface area contributed by atoms with Crippen molar-refractivity contribution >= 4 is 35.6 Å². The summed E-state index contributed by atoms with van der Waals surface area (Å²) in [6.07, 6.45) is 3.73. The van der Waals surface area contributed by atoms with E-state index in [-0.39, 0.29) is 10.9 Å². The van der Waals surface area contributed by atoms with Crippen LogP contribution in [0.3, 0.4) is 0 Å². The van der Waals surface area contributed by atoms with Gasteiger partial charge in [-0.2, -0.15) is 5.10 Å². The number of carbonyl (C=O) groups is 1. The van der Waals surface area contributed by atoms with Gasteiger partial charge in [0, 0.05) is 11.6 Å². The lowest BCUT2D eigenvalue weighted by molar-refractivity contribution is -0.131. The van der Waals surface area contributed by atoms with Gasteiger partial charge in [-0.15, -0.1) is 0 Å². The minimum atomic E-state index is -1.05. The molecule has 0 aliphatic carbocycles. The lowest BCUT2D eigenvalue weighted by Gasteiger charge is -2.01. The molecule has 0 amide bonds. The third-order valence-electron chi connectivity index (χ3n) is 1.85. The van der Waals surface area contributed by atoms with E-state index >= 15 is 0 Å². The highest BCUT2D eigenvalue weighted by Gasteiger charge is 1.99. The van der Waals surface area contributed by atoms with Crippen LogP contribution >= 0.6 is 12.2 Å². The van der Waals surface area contributed by atoms with Crippen molar-refractivity contribution in [3.63, 3.8) is 0 Å². The molecule has 0 aromatic heterocycles. The zero-order valence-corrected chi connectivity index (χ0v) is 10.0. The monoisotopic (exact) mass is 265 g/mol. The van der Waals surface area contributed by atoms with E-state index in [1.807, 2.05) is 0 Å². The lowest BCUT2D eigenvalue weighted by atomic mass is 10.1. The van der Waals surface area contributed by atoms with Crippen molar-refractivity contribution in [3.05, 3.63) is 35.4 Å². The van der Waals surface area contributed by atoms with Crippen LogP contribution in [0, 0.1) is 0 Å². The third-order valence-corrected chi connectivity index (χ3v) is 1.94. The molecule has 0 bridgehead atoms. The largest absolute Gasteiger partial charge is 0.507 e. The summed E-state index contributed by atoms with van der Waals surface area (Å²) in [5.41, 5.74) is 8.55. The summed E-state index contributed by atoms with van der Waals surface area (Å²) in [7, 11) is 0. The van der Waals surface area contributed by atoms with E-state index in [2.05, 4.69) is 22.7 Å². The minimum Gasteiger partial charge on any atom is -0.507 e. The van der Waals surface area contributed by atoms with Crippen LogP contribution in [-0.4, -0.2) is 27.5 Å². The summed E-state index contributed by atoms with van der Waals surface area (Å²) in [6.45, 7) is 0. The Bertz CT molecular complexity index is 526. The first-order valence-electron chi connectivity index (χ1n) is 4.81. The van der Waals surface area contributed by atoms with Crippen molar-refractivity contribution in [2.75, 3.05) is 0 Å². The number of phenolic OH excluding ortho intramolecular Hbond substituents is 1. The number of nitrogens with zero attached hydrogens (tertiary/aromatic N) is 1. The van der Waals surface area contributed by atoms with Crippen LogP contribution in [0.1, 0.15) is 11.1 Å². The molecule has 0 heterocycles. The maximum Gasteiger partial charge on any atom is 0.328 e. The quantitative estimate of drug-likeness (QED) is 0.276. The van der Waals surface area contributed by atoms with E-state index in [4.69, 9.17) is 10.8 Å². The highest BCUT2D eigenvalue weighted by molar-refractivity contribution is 7.80. The number of nitrogens with two attached hydrogens (primary N) is 1. The van der Waals surface area contributed by atoms with Gasteiger partial charge >= 0.3 is 5.97 Å². The average molecular weight is 265 g/mol. The van der Waals surface area contributed by atoms with E-state index in [0.717, 1.165) is 6.08 Å². The Balaban J connectivity index is 2.90. The van der Waals surface area contributed by atoms with Crippen molar-refractivity contribution in [2.24, 2.45) is 10.8 Å². The molecule has 5 N–H and O–H groups in total. The van der Waals surface area contributed by atoms with Gasteiger partial charge in [-0.05, 0) is 36.0 Å². The van der Waals surface area contributed by atoms with Gasteiger partial charge in [-0.3, -0.25) is 5.43 Å². The van der Waals surface area contributed by atoms with Crippen molar-refractivity contribution in [1.29, 1.82) is 0 Å². The predicted octanol–water partition coefficient (Wildman–Crippen LogP) is 0.657. The van der Waals surface area contributed by atoms with Gasteiger partial charge in [0.1, 0.15) is 5.75 Å². The van der Waals surface area contributed by atoms with E-state index in [9.17, 15) is 9.90 Å². The number of rotatable bonds is 4. The molecule has 0 aliphatic rings. The van der Waals surface area contributed by atoms with Crippen LogP contribution in [0.15, 0.2) is 29.4 Å². The first-order valence-corrected chi connectivity index (χ1v) is 5.22. The number of hydrogen-bond donors (Lipinski definition) is 4. The maximum absolute atomic E-state index is 10.4. The first kappa shape index (κ1) is 13.7. The van der Waals surface area contributed by atoms with Crippen LogP contribution in [0.5, 0.6) is 5.75 Å². The van der Waals surface area contributed by atoms with Crippen molar-refractivity contribution < 1.29 is 15.0 Å². The number of phenols is 1. The molecule has 1 aromatic rings. The topological polar surface area (TPSA) is 108 Å². The van der Waals surface area contributed by atoms with E-state index in [0.29, 0.717) is 11.1 Å². The van der Waals surface area contributed by atoms with Gasteiger partial charge in [0.25, 0.3) is 0 Å². The predicted molar refractivity (Wildman–Crippen MR) is 72.3 cm³/mol. The molecule has 94 valence electrons. The first-order chi connectivity index (χ1) is 8.49. The molecule has 0 aliphatic heterocycles. The SMILES string of the molecule is NC(=S)NN=Cc1cc(C=CC(=O)O)ccc1O. The summed E-state index contributed by atoms with van der Waals surface area (Å²) in [5.74, 6) is -1.04.